The number of carbonyl (C=O) groups excluding carboxylic acids is 1. The van der Waals surface area contributed by atoms with Crippen LogP contribution in [0.3, 0.4) is 0 Å². The highest BCUT2D eigenvalue weighted by molar-refractivity contribution is 5.92. The average Bonchev–Trinajstić information content (AvgIpc) is 3.26. The second-order valence-corrected chi connectivity index (χ2v) is 6.44. The van der Waals surface area contributed by atoms with Crippen molar-refractivity contribution in [3.63, 3.8) is 0 Å². The normalized spacial score (nSPS) is 27.4. The number of fused-ring (bicyclic) bond motifs is 1. The van der Waals surface area contributed by atoms with Gasteiger partial charge in [-0.2, -0.15) is 0 Å². The predicted molar refractivity (Wildman–Crippen MR) is 89.7 cm³/mol. The van der Waals surface area contributed by atoms with E-state index in [9.17, 15) is 4.79 Å². The first kappa shape index (κ1) is 16.2. The number of benzene rings is 1. The molecule has 1 N–H and O–H groups in total. The van der Waals surface area contributed by atoms with Crippen molar-refractivity contribution in [2.24, 2.45) is 11.8 Å². The van der Waals surface area contributed by atoms with Crippen LogP contribution < -0.4 is 10.1 Å². The topological polar surface area (TPSA) is 69.9 Å². The second kappa shape index (κ2) is 6.90. The maximum atomic E-state index is 12.5. The molecule has 0 bridgehead atoms. The molecule has 2 fully saturated rings. The fraction of sp³-hybridized carbons (Fsp3) is 0.421. The summed E-state index contributed by atoms with van der Waals surface area (Å²) in [7, 11) is 1.67. The Morgan fingerprint density at radius 3 is 2.88 bits per heavy atom. The van der Waals surface area contributed by atoms with E-state index in [1.54, 1.807) is 19.2 Å². The van der Waals surface area contributed by atoms with Crippen LogP contribution in [0.1, 0.15) is 17.0 Å². The van der Waals surface area contributed by atoms with Crippen molar-refractivity contribution in [3.8, 4) is 11.7 Å². The summed E-state index contributed by atoms with van der Waals surface area (Å²) in [4.78, 5) is 12.5. The molecule has 132 valence electrons. The molecule has 2 aromatic rings. The molecule has 0 spiro atoms. The summed E-state index contributed by atoms with van der Waals surface area (Å²) in [5, 5.41) is 3.07. The second-order valence-electron chi connectivity index (χ2n) is 6.44. The number of amides is 1. The number of methoxy groups -OCH3 is 1. The zero-order valence-electron chi connectivity index (χ0n) is 14.0. The van der Waals surface area contributed by atoms with Gasteiger partial charge in [-0.05, 0) is 24.6 Å². The first-order valence-corrected chi connectivity index (χ1v) is 8.50. The summed E-state index contributed by atoms with van der Waals surface area (Å²) in [6.07, 6.45) is 1.16. The van der Waals surface area contributed by atoms with Crippen molar-refractivity contribution in [2.75, 3.05) is 20.3 Å². The van der Waals surface area contributed by atoms with Gasteiger partial charge >= 0.3 is 0 Å². The van der Waals surface area contributed by atoms with E-state index < -0.39 is 0 Å². The van der Waals surface area contributed by atoms with Crippen LogP contribution >= 0.6 is 0 Å². The number of hydrogen-bond acceptors (Lipinski definition) is 5. The maximum absolute atomic E-state index is 12.5. The Bertz CT molecular complexity index is 728. The van der Waals surface area contributed by atoms with Crippen molar-refractivity contribution >= 4 is 5.91 Å². The molecule has 1 aliphatic carbocycles. The molecule has 1 amide bonds. The minimum atomic E-state index is -0.237. The SMILES string of the molecule is COC[C@@H]1[C@@H](NC(=O)c2ccc(Oc3ccccc3)o2)[C@@H]2CCO[C@H]12. The molecule has 1 aliphatic heterocycles. The van der Waals surface area contributed by atoms with Crippen LogP contribution in [-0.4, -0.2) is 38.4 Å². The van der Waals surface area contributed by atoms with E-state index in [4.69, 9.17) is 18.6 Å². The highest BCUT2D eigenvalue weighted by Gasteiger charge is 2.54. The van der Waals surface area contributed by atoms with E-state index in [2.05, 4.69) is 5.32 Å². The van der Waals surface area contributed by atoms with Crippen LogP contribution in [0.2, 0.25) is 0 Å². The standard InChI is InChI=1S/C19H21NO5/c1-22-11-14-17(13-9-10-23-18(13)14)20-19(21)15-7-8-16(25-15)24-12-5-3-2-4-6-12/h2-8,13-14,17-18H,9-11H2,1H3,(H,20,21)/t13-,14+,17-,18-/m0/s1. The number of para-hydroxylation sites is 1. The van der Waals surface area contributed by atoms with Gasteiger partial charge in [-0.15, -0.1) is 0 Å². The summed E-state index contributed by atoms with van der Waals surface area (Å²) in [6.45, 7) is 1.32. The molecule has 25 heavy (non-hydrogen) atoms. The van der Waals surface area contributed by atoms with Crippen molar-refractivity contribution in [2.45, 2.75) is 18.6 Å². The van der Waals surface area contributed by atoms with Gasteiger partial charge in [0, 0.05) is 37.7 Å². The van der Waals surface area contributed by atoms with E-state index in [0.717, 1.165) is 13.0 Å². The van der Waals surface area contributed by atoms with E-state index in [1.165, 1.54) is 0 Å². The number of rotatable bonds is 6. The molecule has 1 aromatic carbocycles. The Labute approximate surface area is 146 Å². The number of hydrogen-bond donors (Lipinski definition) is 1. The lowest BCUT2D eigenvalue weighted by atomic mass is 9.67. The largest absolute Gasteiger partial charge is 0.426 e. The van der Waals surface area contributed by atoms with Gasteiger partial charge in [0.25, 0.3) is 11.9 Å². The third-order valence-corrected chi connectivity index (χ3v) is 4.95. The Balaban J connectivity index is 1.40. The fourth-order valence-corrected chi connectivity index (χ4v) is 3.76. The number of furan rings is 1. The van der Waals surface area contributed by atoms with Gasteiger partial charge in [0.15, 0.2) is 5.76 Å². The zero-order valence-corrected chi connectivity index (χ0v) is 14.0. The smallest absolute Gasteiger partial charge is 0.290 e. The summed E-state index contributed by atoms with van der Waals surface area (Å²) in [5.41, 5.74) is 0. The first-order valence-electron chi connectivity index (χ1n) is 8.50. The number of nitrogens with one attached hydrogen (secondary N) is 1. The monoisotopic (exact) mass is 343 g/mol. The molecular weight excluding hydrogens is 322 g/mol. The van der Waals surface area contributed by atoms with E-state index in [1.807, 2.05) is 30.3 Å². The quantitative estimate of drug-likeness (QED) is 0.873. The number of ether oxygens (including phenoxy) is 3. The summed E-state index contributed by atoms with van der Waals surface area (Å²) >= 11 is 0. The van der Waals surface area contributed by atoms with Crippen LogP contribution in [0.4, 0.5) is 0 Å². The third kappa shape index (κ3) is 3.15. The van der Waals surface area contributed by atoms with Gasteiger partial charge in [0.1, 0.15) is 5.75 Å². The van der Waals surface area contributed by atoms with Crippen LogP contribution in [0.5, 0.6) is 11.7 Å². The van der Waals surface area contributed by atoms with E-state index in [0.29, 0.717) is 24.2 Å². The van der Waals surface area contributed by atoms with Crippen molar-refractivity contribution in [1.82, 2.24) is 5.32 Å². The van der Waals surface area contributed by atoms with Gasteiger partial charge in [-0.25, -0.2) is 0 Å². The molecule has 4 atom stereocenters. The zero-order chi connectivity index (χ0) is 17.2. The van der Waals surface area contributed by atoms with E-state index in [-0.39, 0.29) is 29.7 Å². The molecule has 6 heteroatoms. The van der Waals surface area contributed by atoms with Crippen LogP contribution in [0.15, 0.2) is 46.9 Å². The van der Waals surface area contributed by atoms with Gasteiger partial charge in [0.2, 0.25) is 0 Å². The molecule has 2 heterocycles. The molecule has 1 saturated heterocycles. The first-order chi connectivity index (χ1) is 12.3. The highest BCUT2D eigenvalue weighted by atomic mass is 16.6. The summed E-state index contributed by atoms with van der Waals surface area (Å²) in [5.74, 6) is 1.51. The van der Waals surface area contributed by atoms with Crippen molar-refractivity contribution in [1.29, 1.82) is 0 Å². The number of carbonyl (C=O) groups is 1. The molecule has 2 aliphatic rings. The lowest BCUT2D eigenvalue weighted by Crippen LogP contribution is -2.62. The van der Waals surface area contributed by atoms with Crippen molar-refractivity contribution in [3.05, 3.63) is 48.2 Å². The van der Waals surface area contributed by atoms with Crippen LogP contribution in [0, 0.1) is 11.8 Å². The summed E-state index contributed by atoms with van der Waals surface area (Å²) in [6, 6.07) is 12.6. The highest BCUT2D eigenvalue weighted by Crippen LogP contribution is 2.43. The molecule has 1 saturated carbocycles. The van der Waals surface area contributed by atoms with Crippen molar-refractivity contribution < 1.29 is 23.4 Å². The molecule has 6 nitrogen and oxygen atoms in total. The maximum Gasteiger partial charge on any atom is 0.290 e. The van der Waals surface area contributed by atoms with Gasteiger partial charge in [-0.3, -0.25) is 4.79 Å². The van der Waals surface area contributed by atoms with Gasteiger partial charge < -0.3 is 23.9 Å². The average molecular weight is 343 g/mol. The summed E-state index contributed by atoms with van der Waals surface area (Å²) < 4.78 is 22.1. The Morgan fingerprint density at radius 2 is 2.08 bits per heavy atom. The van der Waals surface area contributed by atoms with Gasteiger partial charge in [0.05, 0.1) is 12.7 Å². The molecule has 4 rings (SSSR count). The minimum Gasteiger partial charge on any atom is -0.426 e. The Hall–Kier alpha value is -2.31. The predicted octanol–water partition coefficient (Wildman–Crippen LogP) is 2.85. The van der Waals surface area contributed by atoms with Crippen LogP contribution in [-0.2, 0) is 9.47 Å². The minimum absolute atomic E-state index is 0.0588. The third-order valence-electron chi connectivity index (χ3n) is 4.95. The molecule has 0 radical (unpaired) electrons. The molecular formula is C19H21NO5. The molecule has 0 unspecified atom stereocenters. The van der Waals surface area contributed by atoms with Crippen LogP contribution in [0.25, 0.3) is 0 Å². The lowest BCUT2D eigenvalue weighted by molar-refractivity contribution is -0.0811. The van der Waals surface area contributed by atoms with E-state index >= 15 is 0 Å². The molecule has 1 aromatic heterocycles. The Kier molecular flexibility index (Phi) is 4.46. The lowest BCUT2D eigenvalue weighted by Gasteiger charge is -2.47. The Morgan fingerprint density at radius 1 is 1.24 bits per heavy atom. The fourth-order valence-electron chi connectivity index (χ4n) is 3.76. The van der Waals surface area contributed by atoms with Gasteiger partial charge in [-0.1, -0.05) is 18.2 Å².